The minimum Gasteiger partial charge on any atom is -0.662 e. The summed E-state index contributed by atoms with van der Waals surface area (Å²) in [6, 6.07) is 0.831. The summed E-state index contributed by atoms with van der Waals surface area (Å²) in [7, 11) is 2.21. The Labute approximate surface area is 135 Å². The fraction of sp³-hybridized carbons (Fsp3) is 1.00. The maximum absolute atomic E-state index is 4.33. The molecule has 0 aromatic heterocycles. The molecule has 2 aliphatic rings. The van der Waals surface area contributed by atoms with Crippen LogP contribution >= 0.6 is 0 Å². The van der Waals surface area contributed by atoms with Crippen LogP contribution in [0.5, 0.6) is 0 Å². The molecule has 2 saturated heterocycles. The summed E-state index contributed by atoms with van der Waals surface area (Å²) in [4.78, 5) is 2.43. The van der Waals surface area contributed by atoms with Gasteiger partial charge >= 0.3 is 0 Å². The predicted molar refractivity (Wildman–Crippen MR) is 81.1 cm³/mol. The molecule has 2 aliphatic heterocycles. The van der Waals surface area contributed by atoms with Crippen LogP contribution in [0.25, 0.3) is 5.32 Å². The zero-order valence-corrected chi connectivity index (χ0v) is 16.9. The first kappa shape index (κ1) is 19.6. The zero-order chi connectivity index (χ0) is 14.0. The second-order valence-corrected chi connectivity index (χ2v) is 8.13. The summed E-state index contributed by atoms with van der Waals surface area (Å²) in [6.45, 7) is 17.3. The molecular formula is C16H33N2W-. The van der Waals surface area contributed by atoms with E-state index in [2.05, 4.69) is 58.8 Å². The van der Waals surface area contributed by atoms with Crippen molar-refractivity contribution in [3.05, 3.63) is 5.32 Å². The van der Waals surface area contributed by atoms with Gasteiger partial charge < -0.3 is 10.2 Å². The minimum atomic E-state index is 0. The number of rotatable bonds is 0. The van der Waals surface area contributed by atoms with Gasteiger partial charge in [0, 0.05) is 27.1 Å². The predicted octanol–water partition coefficient (Wildman–Crippen LogP) is 4.16. The van der Waals surface area contributed by atoms with Gasteiger partial charge in [0.05, 0.1) is 0 Å². The van der Waals surface area contributed by atoms with Crippen LogP contribution in [0.4, 0.5) is 0 Å². The van der Waals surface area contributed by atoms with Crippen molar-refractivity contribution in [3.63, 3.8) is 0 Å². The van der Waals surface area contributed by atoms with Gasteiger partial charge in [-0.3, -0.25) is 0 Å². The molecule has 2 unspecified atom stereocenters. The molecule has 0 aromatic rings. The van der Waals surface area contributed by atoms with Crippen LogP contribution in [0.15, 0.2) is 0 Å². The molecule has 0 bridgehead atoms. The molecule has 0 aliphatic carbocycles. The van der Waals surface area contributed by atoms with Crippen LogP contribution in [-0.2, 0) is 21.1 Å². The van der Waals surface area contributed by atoms with E-state index in [1.165, 1.54) is 19.4 Å². The normalized spacial score (nSPS) is 27.9. The fourth-order valence-electron chi connectivity index (χ4n) is 2.90. The average Bonchev–Trinajstić information content (AvgIpc) is 2.65. The van der Waals surface area contributed by atoms with Crippen LogP contribution in [0.1, 0.15) is 54.4 Å². The van der Waals surface area contributed by atoms with Gasteiger partial charge in [0.2, 0.25) is 0 Å². The molecule has 3 heteroatoms. The molecule has 2 rings (SSSR count). The Morgan fingerprint density at radius 2 is 1.53 bits per heavy atom. The summed E-state index contributed by atoms with van der Waals surface area (Å²) in [5, 5.41) is 4.33. The molecular weight excluding hydrogens is 404 g/mol. The van der Waals surface area contributed by atoms with E-state index in [4.69, 9.17) is 0 Å². The van der Waals surface area contributed by atoms with Gasteiger partial charge in [0.15, 0.2) is 0 Å². The van der Waals surface area contributed by atoms with Crippen molar-refractivity contribution in [1.82, 2.24) is 4.90 Å². The first-order valence-electron chi connectivity index (χ1n) is 7.46. The first-order chi connectivity index (χ1) is 8.12. The number of likely N-dealkylation sites (tertiary alicyclic amines) is 1. The van der Waals surface area contributed by atoms with Crippen molar-refractivity contribution in [1.29, 1.82) is 0 Å². The molecule has 2 fully saturated rings. The number of nitrogens with zero attached hydrogens (tertiary/aromatic N) is 2. The van der Waals surface area contributed by atoms with E-state index in [0.717, 1.165) is 25.0 Å². The van der Waals surface area contributed by atoms with E-state index in [0.29, 0.717) is 10.8 Å². The molecule has 19 heavy (non-hydrogen) atoms. The zero-order valence-electron chi connectivity index (χ0n) is 14.0. The van der Waals surface area contributed by atoms with Crippen molar-refractivity contribution in [3.8, 4) is 0 Å². The van der Waals surface area contributed by atoms with E-state index in [9.17, 15) is 0 Å². The Morgan fingerprint density at radius 1 is 0.947 bits per heavy atom. The molecule has 0 spiro atoms. The molecule has 2 nitrogen and oxygen atoms in total. The summed E-state index contributed by atoms with van der Waals surface area (Å²) in [5.41, 5.74) is 0.979. The quantitative estimate of drug-likeness (QED) is 0.557. The molecule has 0 radical (unpaired) electrons. The number of hydrogen-bond donors (Lipinski definition) is 0. The second-order valence-electron chi connectivity index (χ2n) is 8.13. The molecule has 0 saturated carbocycles. The molecule has 2 heterocycles. The maximum Gasteiger partial charge on any atom is 0.0153 e. The maximum atomic E-state index is 4.33. The third-order valence-corrected chi connectivity index (χ3v) is 4.50. The van der Waals surface area contributed by atoms with Crippen LogP contribution in [0.3, 0.4) is 0 Å². The average molecular weight is 437 g/mol. The van der Waals surface area contributed by atoms with Crippen molar-refractivity contribution in [2.45, 2.75) is 60.4 Å². The third-order valence-electron chi connectivity index (χ3n) is 4.50. The van der Waals surface area contributed by atoms with Gasteiger partial charge in [0.25, 0.3) is 0 Å². The van der Waals surface area contributed by atoms with Gasteiger partial charge in [0.1, 0.15) is 0 Å². The first-order valence-corrected chi connectivity index (χ1v) is 7.46. The van der Waals surface area contributed by atoms with E-state index in [1.54, 1.807) is 0 Å². The molecule has 0 amide bonds. The summed E-state index contributed by atoms with van der Waals surface area (Å²) in [5.74, 6) is 0.845. The van der Waals surface area contributed by atoms with Crippen molar-refractivity contribution >= 4 is 0 Å². The molecule has 0 aromatic carbocycles. The Hall–Kier alpha value is 0.608. The Bertz CT molecular complexity index is 234. The third kappa shape index (κ3) is 6.27. The van der Waals surface area contributed by atoms with Gasteiger partial charge in [-0.05, 0) is 30.8 Å². The Balaban J connectivity index is 0.000000324. The largest absolute Gasteiger partial charge is 0.662 e. The fourth-order valence-corrected chi connectivity index (χ4v) is 2.90. The van der Waals surface area contributed by atoms with E-state index < -0.39 is 0 Å². The van der Waals surface area contributed by atoms with Crippen LogP contribution in [0.2, 0.25) is 0 Å². The van der Waals surface area contributed by atoms with E-state index >= 15 is 0 Å². The molecule has 2 atom stereocenters. The van der Waals surface area contributed by atoms with Crippen molar-refractivity contribution in [2.75, 3.05) is 26.7 Å². The Morgan fingerprint density at radius 3 is 1.63 bits per heavy atom. The molecule has 0 N–H and O–H groups in total. The van der Waals surface area contributed by atoms with Crippen LogP contribution < -0.4 is 0 Å². The monoisotopic (exact) mass is 437 g/mol. The summed E-state index contributed by atoms with van der Waals surface area (Å²) < 4.78 is 0. The van der Waals surface area contributed by atoms with Gasteiger partial charge in [-0.2, -0.15) is 0 Å². The van der Waals surface area contributed by atoms with Crippen LogP contribution in [0, 0.1) is 16.7 Å². The van der Waals surface area contributed by atoms with E-state index in [-0.39, 0.29) is 21.1 Å². The summed E-state index contributed by atoms with van der Waals surface area (Å²) >= 11 is 0. The van der Waals surface area contributed by atoms with Gasteiger partial charge in [-0.15, -0.1) is 13.1 Å². The Kier molecular flexibility index (Phi) is 7.81. The van der Waals surface area contributed by atoms with Crippen molar-refractivity contribution < 1.29 is 21.1 Å². The van der Waals surface area contributed by atoms with Crippen LogP contribution in [-0.4, -0.2) is 37.6 Å². The number of hydrogen-bond acceptors (Lipinski definition) is 1. The topological polar surface area (TPSA) is 17.3 Å². The van der Waals surface area contributed by atoms with Gasteiger partial charge in [-0.1, -0.05) is 53.9 Å². The van der Waals surface area contributed by atoms with Gasteiger partial charge in [-0.25, -0.2) is 0 Å². The second kappa shape index (κ2) is 7.57. The van der Waals surface area contributed by atoms with Crippen molar-refractivity contribution in [2.24, 2.45) is 16.7 Å². The molecule has 114 valence electrons. The SMILES string of the molecule is CC(C)(C)C1CC[N-]C1.CN1CCC1C(C)(C)C.[W]. The minimum absolute atomic E-state index is 0. The standard InChI is InChI=1S/C8H17N.C8H16N.W/c1-8(2,3)7-5-6-9(7)4;1-8(2,3)7-4-5-9-6-7;/h7H,5-6H2,1-4H3;7H,4-6H2,1-3H3;/q;-1;. The smallest absolute Gasteiger partial charge is 0.0153 e. The van der Waals surface area contributed by atoms with E-state index in [1.807, 2.05) is 0 Å². The summed E-state index contributed by atoms with van der Waals surface area (Å²) in [6.07, 6.45) is 2.70.